The second-order valence-electron chi connectivity index (χ2n) is 7.02. The normalized spacial score (nSPS) is 13.5. The maximum atomic E-state index is 12.2. The SMILES string of the molecule is CN=C(NCCCN1C(=O)COc2ccccc21)NCc1coc(-c2ccccc2)n1. The van der Waals surface area contributed by atoms with E-state index >= 15 is 0 Å². The Morgan fingerprint density at radius 2 is 1.94 bits per heavy atom. The Morgan fingerprint density at radius 3 is 2.77 bits per heavy atom. The highest BCUT2D eigenvalue weighted by molar-refractivity contribution is 5.97. The van der Waals surface area contributed by atoms with Crippen LogP contribution in [0, 0.1) is 0 Å². The molecule has 0 saturated heterocycles. The quantitative estimate of drug-likeness (QED) is 0.348. The average molecular weight is 419 g/mol. The number of hydrogen-bond acceptors (Lipinski definition) is 5. The number of carbonyl (C=O) groups excluding carboxylic acids is 1. The van der Waals surface area contributed by atoms with Crippen LogP contribution in [-0.4, -0.2) is 43.6 Å². The van der Waals surface area contributed by atoms with Gasteiger partial charge in [-0.2, -0.15) is 0 Å². The van der Waals surface area contributed by atoms with E-state index in [0.29, 0.717) is 31.5 Å². The van der Waals surface area contributed by atoms with Crippen molar-refractivity contribution in [3.05, 3.63) is 66.6 Å². The van der Waals surface area contributed by atoms with Crippen LogP contribution in [0.1, 0.15) is 12.1 Å². The molecule has 1 aliphatic heterocycles. The van der Waals surface area contributed by atoms with Crippen LogP contribution in [0.25, 0.3) is 11.5 Å². The molecule has 0 radical (unpaired) electrons. The zero-order valence-electron chi connectivity index (χ0n) is 17.4. The number of nitrogens with one attached hydrogen (secondary N) is 2. The third-order valence-corrected chi connectivity index (χ3v) is 4.89. The van der Waals surface area contributed by atoms with Gasteiger partial charge in [-0.25, -0.2) is 4.98 Å². The molecule has 8 heteroatoms. The highest BCUT2D eigenvalue weighted by Gasteiger charge is 2.24. The number of anilines is 1. The number of oxazole rings is 1. The van der Waals surface area contributed by atoms with E-state index in [-0.39, 0.29) is 12.5 Å². The third kappa shape index (κ3) is 5.03. The topological polar surface area (TPSA) is 92.0 Å². The van der Waals surface area contributed by atoms with Crippen molar-refractivity contribution in [2.24, 2.45) is 4.99 Å². The number of carbonyl (C=O) groups is 1. The molecule has 4 rings (SSSR count). The maximum absolute atomic E-state index is 12.2. The van der Waals surface area contributed by atoms with E-state index in [0.717, 1.165) is 29.1 Å². The molecule has 1 amide bonds. The van der Waals surface area contributed by atoms with Crippen molar-refractivity contribution in [1.82, 2.24) is 15.6 Å². The van der Waals surface area contributed by atoms with Crippen molar-refractivity contribution in [3.63, 3.8) is 0 Å². The number of ether oxygens (including phenoxy) is 1. The monoisotopic (exact) mass is 419 g/mol. The van der Waals surface area contributed by atoms with Crippen LogP contribution in [0.3, 0.4) is 0 Å². The van der Waals surface area contributed by atoms with Crippen molar-refractivity contribution < 1.29 is 13.9 Å². The van der Waals surface area contributed by atoms with Crippen LogP contribution in [0.5, 0.6) is 5.75 Å². The minimum Gasteiger partial charge on any atom is -0.482 e. The van der Waals surface area contributed by atoms with Crippen molar-refractivity contribution in [3.8, 4) is 17.2 Å². The Bertz CT molecular complexity index is 1050. The predicted molar refractivity (Wildman–Crippen MR) is 119 cm³/mol. The van der Waals surface area contributed by atoms with Crippen LogP contribution in [0.4, 0.5) is 5.69 Å². The molecule has 2 aromatic carbocycles. The first-order valence-electron chi connectivity index (χ1n) is 10.2. The number of amides is 1. The molecule has 1 aromatic heterocycles. The van der Waals surface area contributed by atoms with Gasteiger partial charge in [0.1, 0.15) is 12.0 Å². The minimum absolute atomic E-state index is 0.0264. The van der Waals surface area contributed by atoms with Gasteiger partial charge < -0.3 is 24.7 Å². The molecular formula is C23H25N5O3. The molecule has 0 spiro atoms. The number of guanidine groups is 1. The van der Waals surface area contributed by atoms with Gasteiger partial charge >= 0.3 is 0 Å². The minimum atomic E-state index is -0.0264. The van der Waals surface area contributed by atoms with Gasteiger partial charge in [0.15, 0.2) is 12.6 Å². The van der Waals surface area contributed by atoms with Crippen LogP contribution in [0.15, 0.2) is 70.3 Å². The zero-order chi connectivity index (χ0) is 21.5. The highest BCUT2D eigenvalue weighted by Crippen LogP contribution is 2.31. The molecule has 2 N–H and O–H groups in total. The smallest absolute Gasteiger partial charge is 0.265 e. The lowest BCUT2D eigenvalue weighted by molar-refractivity contribution is -0.121. The van der Waals surface area contributed by atoms with Crippen molar-refractivity contribution in [2.75, 3.05) is 31.6 Å². The third-order valence-electron chi connectivity index (χ3n) is 4.89. The summed E-state index contributed by atoms with van der Waals surface area (Å²) in [6.45, 7) is 1.84. The van der Waals surface area contributed by atoms with Gasteiger partial charge in [-0.1, -0.05) is 30.3 Å². The molecule has 0 atom stereocenters. The van der Waals surface area contributed by atoms with Crippen LogP contribution < -0.4 is 20.3 Å². The number of fused-ring (bicyclic) bond motifs is 1. The first-order chi connectivity index (χ1) is 15.2. The Labute approximate surface area is 181 Å². The summed E-state index contributed by atoms with van der Waals surface area (Å²) in [5, 5.41) is 6.50. The molecule has 1 aliphatic rings. The molecule has 8 nitrogen and oxygen atoms in total. The summed E-state index contributed by atoms with van der Waals surface area (Å²) in [6, 6.07) is 17.4. The molecule has 160 valence electrons. The van der Waals surface area contributed by atoms with Gasteiger partial charge in [0.05, 0.1) is 17.9 Å². The van der Waals surface area contributed by atoms with Crippen LogP contribution in [0.2, 0.25) is 0 Å². The van der Waals surface area contributed by atoms with Crippen LogP contribution in [-0.2, 0) is 11.3 Å². The zero-order valence-corrected chi connectivity index (χ0v) is 17.4. The van der Waals surface area contributed by atoms with E-state index in [9.17, 15) is 4.79 Å². The standard InChI is InChI=1S/C23H25N5O3/c1-24-23(26-14-18-15-31-22(27-18)17-8-3-2-4-9-17)25-12-7-13-28-19-10-5-6-11-20(19)30-16-21(28)29/h2-6,8-11,15H,7,12-14,16H2,1H3,(H2,24,25,26). The lowest BCUT2D eigenvalue weighted by atomic mass is 10.2. The van der Waals surface area contributed by atoms with E-state index in [2.05, 4.69) is 20.6 Å². The molecule has 0 aliphatic carbocycles. The Kier molecular flexibility index (Phi) is 6.47. The van der Waals surface area contributed by atoms with Gasteiger partial charge in [-0.05, 0) is 30.7 Å². The average Bonchev–Trinajstić information content (AvgIpc) is 3.29. The van der Waals surface area contributed by atoms with E-state index in [1.807, 2.05) is 54.6 Å². The van der Waals surface area contributed by atoms with E-state index in [1.54, 1.807) is 18.2 Å². The van der Waals surface area contributed by atoms with E-state index < -0.39 is 0 Å². The fourth-order valence-corrected chi connectivity index (χ4v) is 3.34. The van der Waals surface area contributed by atoms with Gasteiger partial charge in [0.2, 0.25) is 5.89 Å². The first kappa shape index (κ1) is 20.5. The summed E-state index contributed by atoms with van der Waals surface area (Å²) >= 11 is 0. The first-order valence-corrected chi connectivity index (χ1v) is 10.2. The molecule has 0 bridgehead atoms. The molecule has 3 aromatic rings. The lowest BCUT2D eigenvalue weighted by Crippen LogP contribution is -2.42. The van der Waals surface area contributed by atoms with E-state index in [4.69, 9.17) is 9.15 Å². The summed E-state index contributed by atoms with van der Waals surface area (Å²) in [5.41, 5.74) is 2.55. The Hall–Kier alpha value is -3.81. The van der Waals surface area contributed by atoms with Crippen LogP contribution >= 0.6 is 0 Å². The van der Waals surface area contributed by atoms with Gasteiger partial charge in [-0.3, -0.25) is 9.79 Å². The number of rotatable bonds is 7. The second kappa shape index (κ2) is 9.80. The molecule has 0 saturated carbocycles. The number of para-hydroxylation sites is 2. The van der Waals surface area contributed by atoms with Gasteiger partial charge in [0, 0.05) is 25.7 Å². The fourth-order valence-electron chi connectivity index (χ4n) is 3.34. The largest absolute Gasteiger partial charge is 0.482 e. The summed E-state index contributed by atoms with van der Waals surface area (Å²) in [5.74, 6) is 1.98. The summed E-state index contributed by atoms with van der Waals surface area (Å²) in [6.07, 6.45) is 2.41. The van der Waals surface area contributed by atoms with Gasteiger partial charge in [-0.15, -0.1) is 0 Å². The molecule has 31 heavy (non-hydrogen) atoms. The van der Waals surface area contributed by atoms with Crippen molar-refractivity contribution in [1.29, 1.82) is 0 Å². The highest BCUT2D eigenvalue weighted by atomic mass is 16.5. The molecular weight excluding hydrogens is 394 g/mol. The fraction of sp³-hybridized carbons (Fsp3) is 0.261. The number of nitrogens with zero attached hydrogens (tertiary/aromatic N) is 3. The molecule has 0 unspecified atom stereocenters. The predicted octanol–water partition coefficient (Wildman–Crippen LogP) is 2.82. The Balaban J connectivity index is 1.24. The van der Waals surface area contributed by atoms with Gasteiger partial charge in [0.25, 0.3) is 5.91 Å². The van der Waals surface area contributed by atoms with E-state index in [1.165, 1.54) is 0 Å². The molecule has 0 fully saturated rings. The second-order valence-corrected chi connectivity index (χ2v) is 7.02. The number of aliphatic imine (C=N–C) groups is 1. The summed E-state index contributed by atoms with van der Waals surface area (Å²) in [7, 11) is 1.72. The molecule has 2 heterocycles. The maximum Gasteiger partial charge on any atom is 0.265 e. The summed E-state index contributed by atoms with van der Waals surface area (Å²) < 4.78 is 11.0. The number of benzene rings is 2. The lowest BCUT2D eigenvalue weighted by Gasteiger charge is -2.29. The summed E-state index contributed by atoms with van der Waals surface area (Å²) in [4.78, 5) is 22.8. The number of hydrogen-bond donors (Lipinski definition) is 2. The van der Waals surface area contributed by atoms with Crippen molar-refractivity contribution >= 4 is 17.6 Å². The Morgan fingerprint density at radius 1 is 1.13 bits per heavy atom. The number of aromatic nitrogens is 1. The van der Waals surface area contributed by atoms with Crippen molar-refractivity contribution in [2.45, 2.75) is 13.0 Å².